The van der Waals surface area contributed by atoms with Crippen LogP contribution in [-0.4, -0.2) is 15.0 Å². The Hall–Kier alpha value is -1.28. The predicted molar refractivity (Wildman–Crippen MR) is 42.0 cm³/mol. The minimum atomic E-state index is -0.0269. The molecule has 5 nitrogen and oxygen atoms in total. The first kappa shape index (κ1) is 7.82. The van der Waals surface area contributed by atoms with E-state index in [0.717, 1.165) is 0 Å². The molecule has 52 valence electrons. The molecule has 6 heteroatoms. The van der Waals surface area contributed by atoms with Crippen LogP contribution < -0.4 is 0 Å². The predicted octanol–water partition coefficient (Wildman–Crippen LogP) is 0.220. The maximum Gasteiger partial charge on any atom is 0.237 e. The summed E-state index contributed by atoms with van der Waals surface area (Å²) in [4.78, 5) is 10.8. The van der Waals surface area contributed by atoms with E-state index in [1.54, 1.807) is 12.1 Å². The minimum Gasteiger partial charge on any atom is -0.193 e. The molecule has 0 atom stereocenters. The van der Waals surface area contributed by atoms with Crippen LogP contribution in [0.3, 0.4) is 0 Å². The van der Waals surface area contributed by atoms with Gasteiger partial charge in [0, 0.05) is 22.6 Å². The van der Waals surface area contributed by atoms with Crippen LogP contribution in [0.1, 0.15) is 11.6 Å². The van der Waals surface area contributed by atoms with Gasteiger partial charge in [-0.05, 0) is 0 Å². The number of rotatable bonds is 0. The van der Waals surface area contributed by atoms with Crippen molar-refractivity contribution in [2.75, 3.05) is 0 Å². The third-order valence-corrected chi connectivity index (χ3v) is 1.29. The Balaban J connectivity index is 3.28. The fourth-order valence-electron chi connectivity index (χ4n) is 0.450. The van der Waals surface area contributed by atoms with E-state index < -0.39 is 0 Å². The molecular formula is C5IN5. The minimum absolute atomic E-state index is 0.0269. The second-order valence-electron chi connectivity index (χ2n) is 1.48. The van der Waals surface area contributed by atoms with E-state index in [4.69, 9.17) is 10.5 Å². The summed E-state index contributed by atoms with van der Waals surface area (Å²) in [6.45, 7) is 0. The van der Waals surface area contributed by atoms with E-state index >= 15 is 0 Å². The zero-order valence-corrected chi connectivity index (χ0v) is 7.27. The molecule has 0 aliphatic heterocycles. The van der Waals surface area contributed by atoms with Crippen molar-refractivity contribution in [1.82, 2.24) is 15.0 Å². The van der Waals surface area contributed by atoms with Crippen LogP contribution >= 0.6 is 22.6 Å². The van der Waals surface area contributed by atoms with Crippen LogP contribution in [0.4, 0.5) is 0 Å². The van der Waals surface area contributed by atoms with Gasteiger partial charge in [0.05, 0.1) is 0 Å². The molecule has 0 fully saturated rings. The third-order valence-electron chi connectivity index (χ3n) is 0.808. The smallest absolute Gasteiger partial charge is 0.193 e. The molecule has 0 bridgehead atoms. The highest BCUT2D eigenvalue weighted by molar-refractivity contribution is 14.1. The standard InChI is InChI=1S/C5IN5/c6-5-10-3(1-7)9-4(2-8)11-5. The van der Waals surface area contributed by atoms with Gasteiger partial charge in [-0.3, -0.25) is 0 Å². The second kappa shape index (κ2) is 3.21. The van der Waals surface area contributed by atoms with Gasteiger partial charge in [-0.2, -0.15) is 25.5 Å². The van der Waals surface area contributed by atoms with E-state index in [2.05, 4.69) is 15.0 Å². The lowest BCUT2D eigenvalue weighted by atomic mass is 10.6. The van der Waals surface area contributed by atoms with Gasteiger partial charge in [-0.25, -0.2) is 0 Å². The normalized spacial score (nSPS) is 8.27. The van der Waals surface area contributed by atoms with E-state index in [0.29, 0.717) is 3.83 Å². The first-order valence-electron chi connectivity index (χ1n) is 2.48. The second-order valence-corrected chi connectivity index (χ2v) is 2.44. The van der Waals surface area contributed by atoms with Crippen LogP contribution in [0.2, 0.25) is 0 Å². The molecule has 0 aliphatic carbocycles. The lowest BCUT2D eigenvalue weighted by Crippen LogP contribution is -1.99. The zero-order chi connectivity index (χ0) is 8.27. The van der Waals surface area contributed by atoms with Crippen molar-refractivity contribution >= 4 is 22.6 Å². The molecule has 0 radical (unpaired) electrons. The van der Waals surface area contributed by atoms with Crippen LogP contribution in [0.15, 0.2) is 0 Å². The summed E-state index contributed by atoms with van der Waals surface area (Å²) in [5.74, 6) is -0.0538. The third kappa shape index (κ3) is 1.82. The highest BCUT2D eigenvalue weighted by Crippen LogP contribution is 1.96. The maximum atomic E-state index is 8.37. The van der Waals surface area contributed by atoms with Crippen molar-refractivity contribution in [3.05, 3.63) is 15.5 Å². The van der Waals surface area contributed by atoms with Crippen molar-refractivity contribution in [2.24, 2.45) is 0 Å². The van der Waals surface area contributed by atoms with Gasteiger partial charge in [0.1, 0.15) is 12.1 Å². The highest BCUT2D eigenvalue weighted by Gasteiger charge is 2.01. The van der Waals surface area contributed by atoms with Crippen LogP contribution in [0, 0.1) is 26.5 Å². The summed E-state index contributed by atoms with van der Waals surface area (Å²) in [5, 5.41) is 16.7. The fraction of sp³-hybridized carbons (Fsp3) is 0. The molecule has 1 rings (SSSR count). The molecule has 1 aromatic heterocycles. The number of hydrogen-bond donors (Lipinski definition) is 0. The number of nitrogens with zero attached hydrogens (tertiary/aromatic N) is 5. The number of halogens is 1. The maximum absolute atomic E-state index is 8.37. The molecule has 1 aromatic rings. The van der Waals surface area contributed by atoms with Gasteiger partial charge >= 0.3 is 0 Å². The van der Waals surface area contributed by atoms with Crippen molar-refractivity contribution in [2.45, 2.75) is 0 Å². The SMILES string of the molecule is N#Cc1nc(I)nc(C#N)n1. The molecule has 0 amide bonds. The molecule has 0 N–H and O–H groups in total. The Kier molecular flexibility index (Phi) is 2.28. The summed E-state index contributed by atoms with van der Waals surface area (Å²) >= 11 is 1.81. The topological polar surface area (TPSA) is 86.2 Å². The van der Waals surface area contributed by atoms with Gasteiger partial charge in [-0.15, -0.1) is 0 Å². The van der Waals surface area contributed by atoms with Gasteiger partial charge in [0.25, 0.3) is 0 Å². The van der Waals surface area contributed by atoms with E-state index in [9.17, 15) is 0 Å². The lowest BCUT2D eigenvalue weighted by Gasteiger charge is -1.89. The Morgan fingerprint density at radius 1 is 1.00 bits per heavy atom. The Labute approximate surface area is 75.9 Å². The number of nitriles is 2. The van der Waals surface area contributed by atoms with E-state index in [1.807, 2.05) is 22.6 Å². The molecule has 0 saturated heterocycles. The summed E-state index contributed by atoms with van der Waals surface area (Å²) < 4.78 is 0.353. The molecule has 0 aromatic carbocycles. The molecule has 1 heterocycles. The molecule has 0 aliphatic rings. The van der Waals surface area contributed by atoms with Gasteiger partial charge in [0.2, 0.25) is 11.6 Å². The van der Waals surface area contributed by atoms with Gasteiger partial charge in [-0.1, -0.05) is 0 Å². The van der Waals surface area contributed by atoms with Crippen molar-refractivity contribution in [3.8, 4) is 12.1 Å². The Morgan fingerprint density at radius 3 is 1.82 bits per heavy atom. The summed E-state index contributed by atoms with van der Waals surface area (Å²) in [6, 6.07) is 3.45. The number of hydrogen-bond acceptors (Lipinski definition) is 5. The largest absolute Gasteiger partial charge is 0.237 e. The molecule has 0 spiro atoms. The molecular weight excluding hydrogens is 257 g/mol. The summed E-state index contributed by atoms with van der Waals surface area (Å²) in [5.41, 5.74) is 0. The fourth-order valence-corrected chi connectivity index (χ4v) is 0.907. The van der Waals surface area contributed by atoms with E-state index in [-0.39, 0.29) is 11.6 Å². The van der Waals surface area contributed by atoms with Crippen LogP contribution in [0.25, 0.3) is 0 Å². The first-order chi connectivity index (χ1) is 5.26. The van der Waals surface area contributed by atoms with Crippen molar-refractivity contribution < 1.29 is 0 Å². The zero-order valence-electron chi connectivity index (χ0n) is 5.11. The van der Waals surface area contributed by atoms with Gasteiger partial charge < -0.3 is 0 Å². The van der Waals surface area contributed by atoms with Crippen LogP contribution in [0.5, 0.6) is 0 Å². The summed E-state index contributed by atoms with van der Waals surface area (Å²) in [7, 11) is 0. The van der Waals surface area contributed by atoms with Crippen molar-refractivity contribution in [3.63, 3.8) is 0 Å². The monoisotopic (exact) mass is 257 g/mol. The van der Waals surface area contributed by atoms with Gasteiger partial charge in [0.15, 0.2) is 3.83 Å². The quantitative estimate of drug-likeness (QED) is 0.620. The number of aromatic nitrogens is 3. The van der Waals surface area contributed by atoms with Crippen molar-refractivity contribution in [1.29, 1.82) is 10.5 Å². The molecule has 0 saturated carbocycles. The molecule has 11 heavy (non-hydrogen) atoms. The average molecular weight is 257 g/mol. The first-order valence-corrected chi connectivity index (χ1v) is 3.56. The lowest BCUT2D eigenvalue weighted by molar-refractivity contribution is 0.952. The Morgan fingerprint density at radius 2 is 1.45 bits per heavy atom. The Bertz CT molecular complexity index is 328. The molecule has 0 unspecified atom stereocenters. The highest BCUT2D eigenvalue weighted by atomic mass is 127. The average Bonchev–Trinajstić information content (AvgIpc) is 2.03. The van der Waals surface area contributed by atoms with E-state index in [1.165, 1.54) is 0 Å². The summed E-state index contributed by atoms with van der Waals surface area (Å²) in [6.07, 6.45) is 0. The van der Waals surface area contributed by atoms with Crippen LogP contribution in [-0.2, 0) is 0 Å².